The number of benzene rings is 2. The SMILES string of the molecule is CCCCOC(=O)[C@H](C)Oc1ccc(C(=O)Nc2ccccc2OCC)cc1. The van der Waals surface area contributed by atoms with Crippen molar-refractivity contribution in [1.29, 1.82) is 0 Å². The highest BCUT2D eigenvalue weighted by molar-refractivity contribution is 6.05. The molecular weight excluding hydrogens is 358 g/mol. The summed E-state index contributed by atoms with van der Waals surface area (Å²) in [4.78, 5) is 24.3. The average molecular weight is 385 g/mol. The maximum absolute atomic E-state index is 12.5. The lowest BCUT2D eigenvalue weighted by atomic mass is 10.2. The van der Waals surface area contributed by atoms with E-state index in [1.165, 1.54) is 0 Å². The number of anilines is 1. The van der Waals surface area contributed by atoms with Gasteiger partial charge in [-0.05, 0) is 56.7 Å². The molecule has 0 saturated carbocycles. The van der Waals surface area contributed by atoms with Crippen molar-refractivity contribution in [3.63, 3.8) is 0 Å². The molecule has 0 aromatic heterocycles. The Hall–Kier alpha value is -3.02. The van der Waals surface area contributed by atoms with Crippen molar-refractivity contribution in [1.82, 2.24) is 0 Å². The van der Waals surface area contributed by atoms with Gasteiger partial charge in [-0.2, -0.15) is 0 Å². The predicted molar refractivity (Wildman–Crippen MR) is 108 cm³/mol. The molecular formula is C22H27NO5. The van der Waals surface area contributed by atoms with E-state index in [1.54, 1.807) is 43.3 Å². The van der Waals surface area contributed by atoms with Crippen LogP contribution in [-0.4, -0.2) is 31.2 Å². The highest BCUT2D eigenvalue weighted by Crippen LogP contribution is 2.24. The van der Waals surface area contributed by atoms with Crippen molar-refractivity contribution < 1.29 is 23.8 Å². The largest absolute Gasteiger partial charge is 0.492 e. The van der Waals surface area contributed by atoms with Crippen LogP contribution in [0.2, 0.25) is 0 Å². The van der Waals surface area contributed by atoms with Gasteiger partial charge in [0.2, 0.25) is 0 Å². The Labute approximate surface area is 165 Å². The van der Waals surface area contributed by atoms with Crippen molar-refractivity contribution in [2.75, 3.05) is 18.5 Å². The molecule has 0 aliphatic heterocycles. The Morgan fingerprint density at radius 1 is 1.04 bits per heavy atom. The van der Waals surface area contributed by atoms with Crippen LogP contribution >= 0.6 is 0 Å². The molecule has 6 heteroatoms. The van der Waals surface area contributed by atoms with Crippen molar-refractivity contribution in [2.45, 2.75) is 39.7 Å². The first-order valence-electron chi connectivity index (χ1n) is 9.51. The van der Waals surface area contributed by atoms with Gasteiger partial charge in [0, 0.05) is 5.56 Å². The third-order valence-electron chi connectivity index (χ3n) is 3.94. The van der Waals surface area contributed by atoms with Crippen LogP contribution in [0.1, 0.15) is 44.0 Å². The fourth-order valence-corrected chi connectivity index (χ4v) is 2.42. The summed E-state index contributed by atoms with van der Waals surface area (Å²) in [5.41, 5.74) is 1.08. The number of carbonyl (C=O) groups excluding carboxylic acids is 2. The first-order valence-corrected chi connectivity index (χ1v) is 9.51. The monoisotopic (exact) mass is 385 g/mol. The standard InChI is InChI=1S/C22H27NO5/c1-4-6-15-27-22(25)16(3)28-18-13-11-17(12-14-18)21(24)23-19-9-7-8-10-20(19)26-5-2/h7-14,16H,4-6,15H2,1-3H3,(H,23,24)/t16-/m0/s1. The molecule has 150 valence electrons. The van der Waals surface area contributed by atoms with Crippen molar-refractivity contribution in [2.24, 2.45) is 0 Å². The maximum Gasteiger partial charge on any atom is 0.347 e. The van der Waals surface area contributed by atoms with E-state index in [0.717, 1.165) is 12.8 Å². The second kappa shape index (κ2) is 11.0. The Morgan fingerprint density at radius 2 is 1.75 bits per heavy atom. The lowest BCUT2D eigenvalue weighted by molar-refractivity contribution is -0.151. The topological polar surface area (TPSA) is 73.9 Å². The fourth-order valence-electron chi connectivity index (χ4n) is 2.42. The summed E-state index contributed by atoms with van der Waals surface area (Å²) < 4.78 is 16.2. The summed E-state index contributed by atoms with van der Waals surface area (Å²) in [7, 11) is 0. The number of amides is 1. The highest BCUT2D eigenvalue weighted by Gasteiger charge is 2.16. The molecule has 0 aliphatic rings. The molecule has 0 fully saturated rings. The molecule has 0 saturated heterocycles. The van der Waals surface area contributed by atoms with E-state index in [1.807, 2.05) is 26.0 Å². The number of para-hydroxylation sites is 2. The fraction of sp³-hybridized carbons (Fsp3) is 0.364. The first kappa shape index (κ1) is 21.3. The Balaban J connectivity index is 1.95. The number of hydrogen-bond donors (Lipinski definition) is 1. The second-order valence-corrected chi connectivity index (χ2v) is 6.19. The van der Waals surface area contributed by atoms with Crippen LogP contribution in [0.3, 0.4) is 0 Å². The van der Waals surface area contributed by atoms with Gasteiger partial charge in [-0.25, -0.2) is 4.79 Å². The molecule has 2 rings (SSSR count). The number of unbranched alkanes of at least 4 members (excludes halogenated alkanes) is 1. The molecule has 6 nitrogen and oxygen atoms in total. The normalized spacial score (nSPS) is 11.4. The van der Waals surface area contributed by atoms with E-state index >= 15 is 0 Å². The van der Waals surface area contributed by atoms with Crippen LogP contribution in [0.4, 0.5) is 5.69 Å². The van der Waals surface area contributed by atoms with E-state index in [-0.39, 0.29) is 5.91 Å². The second-order valence-electron chi connectivity index (χ2n) is 6.19. The molecule has 0 spiro atoms. The molecule has 0 bridgehead atoms. The molecule has 2 aromatic carbocycles. The summed E-state index contributed by atoms with van der Waals surface area (Å²) in [6.07, 6.45) is 1.07. The number of carbonyl (C=O) groups is 2. The number of rotatable bonds is 10. The van der Waals surface area contributed by atoms with E-state index in [9.17, 15) is 9.59 Å². The molecule has 0 heterocycles. The predicted octanol–water partition coefficient (Wildman–Crippen LogP) is 4.45. The van der Waals surface area contributed by atoms with Crippen LogP contribution in [0.5, 0.6) is 11.5 Å². The minimum Gasteiger partial charge on any atom is -0.492 e. The zero-order valence-corrected chi connectivity index (χ0v) is 16.6. The van der Waals surface area contributed by atoms with E-state index < -0.39 is 12.1 Å². The Bertz CT molecular complexity index is 773. The summed E-state index contributed by atoms with van der Waals surface area (Å²) in [6.45, 7) is 6.46. The summed E-state index contributed by atoms with van der Waals surface area (Å²) in [5, 5.41) is 2.84. The van der Waals surface area contributed by atoms with Gasteiger partial charge in [0.25, 0.3) is 5.91 Å². The number of nitrogens with one attached hydrogen (secondary N) is 1. The van der Waals surface area contributed by atoms with Crippen molar-refractivity contribution in [3.05, 3.63) is 54.1 Å². The Kier molecular flexibility index (Phi) is 8.34. The van der Waals surface area contributed by atoms with Crippen LogP contribution in [0, 0.1) is 0 Å². The number of hydrogen-bond acceptors (Lipinski definition) is 5. The molecule has 1 atom stereocenters. The molecule has 1 N–H and O–H groups in total. The third kappa shape index (κ3) is 6.30. The number of ether oxygens (including phenoxy) is 3. The zero-order chi connectivity index (χ0) is 20.4. The minimum absolute atomic E-state index is 0.259. The highest BCUT2D eigenvalue weighted by atomic mass is 16.6. The Morgan fingerprint density at radius 3 is 2.43 bits per heavy atom. The lowest BCUT2D eigenvalue weighted by Crippen LogP contribution is -2.26. The van der Waals surface area contributed by atoms with E-state index in [0.29, 0.717) is 36.0 Å². The zero-order valence-electron chi connectivity index (χ0n) is 16.6. The van der Waals surface area contributed by atoms with E-state index in [2.05, 4.69) is 5.32 Å². The van der Waals surface area contributed by atoms with Gasteiger partial charge in [0.15, 0.2) is 6.10 Å². The van der Waals surface area contributed by atoms with Gasteiger partial charge >= 0.3 is 5.97 Å². The summed E-state index contributed by atoms with van der Waals surface area (Å²) in [6, 6.07) is 13.9. The maximum atomic E-state index is 12.5. The van der Waals surface area contributed by atoms with Gasteiger partial charge < -0.3 is 19.5 Å². The molecule has 28 heavy (non-hydrogen) atoms. The van der Waals surface area contributed by atoms with Crippen LogP contribution in [-0.2, 0) is 9.53 Å². The third-order valence-corrected chi connectivity index (χ3v) is 3.94. The number of esters is 1. The first-order chi connectivity index (χ1) is 13.5. The van der Waals surface area contributed by atoms with Gasteiger partial charge in [0.05, 0.1) is 18.9 Å². The van der Waals surface area contributed by atoms with Gasteiger partial charge in [-0.1, -0.05) is 25.5 Å². The quantitative estimate of drug-likeness (QED) is 0.483. The summed E-state index contributed by atoms with van der Waals surface area (Å²) >= 11 is 0. The smallest absolute Gasteiger partial charge is 0.347 e. The molecule has 0 unspecified atom stereocenters. The molecule has 2 aromatic rings. The lowest BCUT2D eigenvalue weighted by Gasteiger charge is -2.14. The van der Waals surface area contributed by atoms with E-state index in [4.69, 9.17) is 14.2 Å². The molecule has 0 radical (unpaired) electrons. The minimum atomic E-state index is -0.713. The van der Waals surface area contributed by atoms with Gasteiger partial charge in [-0.15, -0.1) is 0 Å². The van der Waals surface area contributed by atoms with Gasteiger partial charge in [-0.3, -0.25) is 4.79 Å². The summed E-state index contributed by atoms with van der Waals surface area (Å²) in [5.74, 6) is 0.452. The van der Waals surface area contributed by atoms with Crippen LogP contribution < -0.4 is 14.8 Å². The van der Waals surface area contributed by atoms with Crippen LogP contribution in [0.25, 0.3) is 0 Å². The van der Waals surface area contributed by atoms with Gasteiger partial charge in [0.1, 0.15) is 11.5 Å². The molecule has 0 aliphatic carbocycles. The van der Waals surface area contributed by atoms with Crippen molar-refractivity contribution in [3.8, 4) is 11.5 Å². The van der Waals surface area contributed by atoms with Crippen molar-refractivity contribution >= 4 is 17.6 Å². The van der Waals surface area contributed by atoms with Crippen LogP contribution in [0.15, 0.2) is 48.5 Å². The molecule has 1 amide bonds. The average Bonchev–Trinajstić information content (AvgIpc) is 2.70.